The minimum absolute atomic E-state index is 0.478. The third-order valence-electron chi connectivity index (χ3n) is 11.0. The van der Waals surface area contributed by atoms with Gasteiger partial charge < -0.3 is 9.80 Å². The summed E-state index contributed by atoms with van der Waals surface area (Å²) in [6.07, 6.45) is 0. The molecule has 9 rings (SSSR count). The maximum atomic E-state index is 6.80. The quantitative estimate of drug-likeness (QED) is 0.154. The number of fused-ring (bicyclic) bond motifs is 3. The SMILES string of the molecule is Cc1ccc(C2(c3ccc(C)cc3)c3ccccc3-c3cc(N(c4cccc(N(c5ccccc5)c5ccccc5)c4)c4cc(Cl)ccc4C)ccc32)cc1. The Labute approximate surface area is 329 Å². The molecule has 0 unspecified atom stereocenters. The van der Waals surface area contributed by atoms with E-state index in [1.54, 1.807) is 0 Å². The Balaban J connectivity index is 1.27. The largest absolute Gasteiger partial charge is 0.310 e. The third kappa shape index (κ3) is 6.00. The van der Waals surface area contributed by atoms with Gasteiger partial charge in [-0.2, -0.15) is 0 Å². The van der Waals surface area contributed by atoms with E-state index in [2.05, 4.69) is 219 Å². The van der Waals surface area contributed by atoms with Crippen LogP contribution in [0.4, 0.5) is 34.1 Å². The van der Waals surface area contributed by atoms with Crippen molar-refractivity contribution < 1.29 is 0 Å². The van der Waals surface area contributed by atoms with E-state index in [-0.39, 0.29) is 0 Å². The Hall–Kier alpha value is -6.35. The zero-order chi connectivity index (χ0) is 37.5. The van der Waals surface area contributed by atoms with E-state index in [0.717, 1.165) is 39.7 Å². The number of hydrogen-bond acceptors (Lipinski definition) is 2. The molecule has 0 aromatic heterocycles. The first kappa shape index (κ1) is 34.4. The van der Waals surface area contributed by atoms with E-state index >= 15 is 0 Å². The van der Waals surface area contributed by atoms with Gasteiger partial charge in [-0.15, -0.1) is 0 Å². The van der Waals surface area contributed by atoms with Crippen LogP contribution in [-0.4, -0.2) is 0 Å². The number of rotatable bonds is 8. The highest BCUT2D eigenvalue weighted by Crippen LogP contribution is 2.57. The van der Waals surface area contributed by atoms with Gasteiger partial charge in [0.25, 0.3) is 0 Å². The fourth-order valence-electron chi connectivity index (χ4n) is 8.43. The lowest BCUT2D eigenvalue weighted by atomic mass is 9.67. The van der Waals surface area contributed by atoms with Crippen molar-refractivity contribution in [3.63, 3.8) is 0 Å². The Kier molecular flexibility index (Phi) is 8.85. The molecule has 0 fully saturated rings. The molecular formula is C52H41ClN2. The summed E-state index contributed by atoms with van der Waals surface area (Å²) in [4.78, 5) is 4.67. The number of nitrogens with zero attached hydrogens (tertiary/aromatic N) is 2. The van der Waals surface area contributed by atoms with Gasteiger partial charge in [0.2, 0.25) is 0 Å². The average molecular weight is 729 g/mol. The molecule has 1 aliphatic carbocycles. The molecule has 8 aromatic carbocycles. The highest BCUT2D eigenvalue weighted by atomic mass is 35.5. The molecule has 2 nitrogen and oxygen atoms in total. The molecule has 0 heterocycles. The minimum atomic E-state index is -0.478. The minimum Gasteiger partial charge on any atom is -0.310 e. The van der Waals surface area contributed by atoms with E-state index < -0.39 is 5.41 Å². The Morgan fingerprint density at radius 1 is 0.382 bits per heavy atom. The van der Waals surface area contributed by atoms with E-state index in [9.17, 15) is 0 Å². The van der Waals surface area contributed by atoms with Gasteiger partial charge >= 0.3 is 0 Å². The number of halogens is 1. The Morgan fingerprint density at radius 3 is 1.51 bits per heavy atom. The van der Waals surface area contributed by atoms with E-state index in [0.29, 0.717) is 5.02 Å². The molecule has 0 N–H and O–H groups in total. The summed E-state index contributed by atoms with van der Waals surface area (Å²) in [5, 5.41) is 0.696. The number of aryl methyl sites for hydroxylation is 3. The van der Waals surface area contributed by atoms with Crippen LogP contribution in [0.25, 0.3) is 11.1 Å². The molecule has 1 aliphatic rings. The van der Waals surface area contributed by atoms with Crippen LogP contribution in [0, 0.1) is 20.8 Å². The topological polar surface area (TPSA) is 6.48 Å². The van der Waals surface area contributed by atoms with Gasteiger partial charge in [0.15, 0.2) is 0 Å². The Bertz CT molecular complexity index is 2550. The fourth-order valence-corrected chi connectivity index (χ4v) is 8.60. The normalized spacial score (nSPS) is 12.5. The molecular weight excluding hydrogens is 688 g/mol. The molecule has 0 radical (unpaired) electrons. The van der Waals surface area contributed by atoms with Crippen LogP contribution >= 0.6 is 11.6 Å². The van der Waals surface area contributed by atoms with Crippen molar-refractivity contribution in [1.82, 2.24) is 0 Å². The van der Waals surface area contributed by atoms with Gasteiger partial charge in [0, 0.05) is 33.5 Å². The maximum Gasteiger partial charge on any atom is 0.0713 e. The molecule has 0 bridgehead atoms. The zero-order valence-corrected chi connectivity index (χ0v) is 32.0. The van der Waals surface area contributed by atoms with Crippen molar-refractivity contribution in [2.24, 2.45) is 0 Å². The number of anilines is 6. The second-order valence-electron chi connectivity index (χ2n) is 14.6. The lowest BCUT2D eigenvalue weighted by molar-refractivity contribution is 0.767. The maximum absolute atomic E-state index is 6.80. The third-order valence-corrected chi connectivity index (χ3v) is 11.3. The Morgan fingerprint density at radius 2 is 0.891 bits per heavy atom. The summed E-state index contributed by atoms with van der Waals surface area (Å²) in [6, 6.07) is 70.3. The van der Waals surface area contributed by atoms with E-state index in [1.807, 2.05) is 6.07 Å². The first-order valence-corrected chi connectivity index (χ1v) is 19.2. The van der Waals surface area contributed by atoms with Crippen LogP contribution in [0.15, 0.2) is 194 Å². The molecule has 3 heteroatoms. The van der Waals surface area contributed by atoms with E-state index in [4.69, 9.17) is 11.6 Å². The van der Waals surface area contributed by atoms with Crippen LogP contribution in [0.1, 0.15) is 38.9 Å². The number of benzene rings is 8. The van der Waals surface area contributed by atoms with Crippen molar-refractivity contribution in [3.8, 4) is 11.1 Å². The predicted molar refractivity (Wildman–Crippen MR) is 232 cm³/mol. The van der Waals surface area contributed by atoms with Crippen molar-refractivity contribution in [3.05, 3.63) is 238 Å². The zero-order valence-electron chi connectivity index (χ0n) is 31.2. The van der Waals surface area contributed by atoms with Crippen molar-refractivity contribution in [2.45, 2.75) is 26.2 Å². The van der Waals surface area contributed by atoms with E-state index in [1.165, 1.54) is 44.5 Å². The second kappa shape index (κ2) is 14.1. The summed E-state index contributed by atoms with van der Waals surface area (Å²) in [7, 11) is 0. The van der Waals surface area contributed by atoms with Crippen LogP contribution in [0.2, 0.25) is 5.02 Å². The summed E-state index contributed by atoms with van der Waals surface area (Å²) in [5.41, 5.74) is 17.1. The van der Waals surface area contributed by atoms with Crippen LogP contribution in [-0.2, 0) is 5.41 Å². The first-order chi connectivity index (χ1) is 26.9. The standard InChI is InChI=1S/C52H41ClN2/c1-36-21-26-39(27-22-36)52(40-28-23-37(2)24-29-40)49-20-11-10-19-47(49)48-35-46(31-32-50(48)52)55(51-33-41(53)30-25-38(51)3)45-18-12-17-44(34-45)54(42-13-6-4-7-14-42)43-15-8-5-9-16-43/h4-35H,1-3H3. The van der Waals surface area contributed by atoms with Gasteiger partial charge in [-0.25, -0.2) is 0 Å². The molecule has 0 saturated heterocycles. The van der Waals surface area contributed by atoms with Gasteiger partial charge in [0.05, 0.1) is 11.1 Å². The van der Waals surface area contributed by atoms with Gasteiger partial charge in [0.1, 0.15) is 0 Å². The molecule has 0 aliphatic heterocycles. The average Bonchev–Trinajstić information content (AvgIpc) is 3.51. The lowest BCUT2D eigenvalue weighted by Crippen LogP contribution is -2.28. The number of hydrogen-bond donors (Lipinski definition) is 0. The lowest BCUT2D eigenvalue weighted by Gasteiger charge is -2.34. The molecule has 0 atom stereocenters. The molecule has 0 saturated carbocycles. The van der Waals surface area contributed by atoms with Gasteiger partial charge in [-0.3, -0.25) is 0 Å². The second-order valence-corrected chi connectivity index (χ2v) is 15.0. The molecule has 8 aromatic rings. The summed E-state index contributed by atoms with van der Waals surface area (Å²) in [5.74, 6) is 0. The van der Waals surface area contributed by atoms with Crippen LogP contribution in [0.5, 0.6) is 0 Å². The van der Waals surface area contributed by atoms with Crippen LogP contribution < -0.4 is 9.80 Å². The molecule has 55 heavy (non-hydrogen) atoms. The van der Waals surface area contributed by atoms with Crippen molar-refractivity contribution in [2.75, 3.05) is 9.80 Å². The van der Waals surface area contributed by atoms with Crippen molar-refractivity contribution >= 4 is 45.7 Å². The smallest absolute Gasteiger partial charge is 0.0713 e. The first-order valence-electron chi connectivity index (χ1n) is 18.9. The summed E-state index contributed by atoms with van der Waals surface area (Å²) >= 11 is 6.80. The number of para-hydroxylation sites is 2. The molecule has 0 spiro atoms. The summed E-state index contributed by atoms with van der Waals surface area (Å²) < 4.78 is 0. The van der Waals surface area contributed by atoms with Gasteiger partial charge in [-0.1, -0.05) is 150 Å². The molecule has 0 amide bonds. The predicted octanol–water partition coefficient (Wildman–Crippen LogP) is 14.6. The summed E-state index contributed by atoms with van der Waals surface area (Å²) in [6.45, 7) is 6.47. The molecule has 266 valence electrons. The van der Waals surface area contributed by atoms with Crippen LogP contribution in [0.3, 0.4) is 0 Å². The van der Waals surface area contributed by atoms with Gasteiger partial charge in [-0.05, 0) is 126 Å². The highest BCUT2D eigenvalue weighted by Gasteiger charge is 2.46. The monoisotopic (exact) mass is 728 g/mol. The van der Waals surface area contributed by atoms with Crippen molar-refractivity contribution in [1.29, 1.82) is 0 Å². The highest BCUT2D eigenvalue weighted by molar-refractivity contribution is 6.31. The fraction of sp³-hybridized carbons (Fsp3) is 0.0769.